The third-order valence-electron chi connectivity index (χ3n) is 5.07. The fourth-order valence-corrected chi connectivity index (χ4v) is 4.52. The van der Waals surface area contributed by atoms with Crippen LogP contribution in [0.25, 0.3) is 21.8 Å². The number of aromatic nitrogens is 2. The first kappa shape index (κ1) is 15.5. The molecule has 126 valence electrons. The molecule has 0 unspecified atom stereocenters. The van der Waals surface area contributed by atoms with Crippen molar-refractivity contribution in [2.45, 2.75) is 5.92 Å². The van der Waals surface area contributed by atoms with Crippen LogP contribution < -0.4 is 0 Å². The van der Waals surface area contributed by atoms with E-state index >= 15 is 0 Å². The zero-order valence-electron chi connectivity index (χ0n) is 14.0. The molecule has 26 heavy (non-hydrogen) atoms. The van der Waals surface area contributed by atoms with Gasteiger partial charge >= 0.3 is 0 Å². The molecule has 1 atom stereocenters. The molecule has 0 aliphatic heterocycles. The maximum absolute atomic E-state index is 3.76. The van der Waals surface area contributed by atoms with E-state index in [4.69, 9.17) is 0 Å². The molecule has 5 aromatic rings. The maximum Gasteiger partial charge on any atom is 0.0468 e. The van der Waals surface area contributed by atoms with Gasteiger partial charge in [0.25, 0.3) is 0 Å². The number of hydrogen-bond donors (Lipinski definition) is 2. The molecule has 0 saturated carbocycles. The number of nitrogens with one attached hydrogen (secondary N) is 2. The fourth-order valence-electron chi connectivity index (χ4n) is 3.93. The molecule has 0 bridgehead atoms. The predicted octanol–water partition coefficient (Wildman–Crippen LogP) is 6.59. The second kappa shape index (κ2) is 6.19. The molecule has 2 N–H and O–H groups in total. The number of hydrogen-bond acceptors (Lipinski definition) is 0. The largest absolute Gasteiger partial charge is 0.361 e. The Bertz CT molecular complexity index is 1200. The molecule has 0 aliphatic rings. The van der Waals surface area contributed by atoms with Crippen molar-refractivity contribution >= 4 is 37.7 Å². The summed E-state index contributed by atoms with van der Waals surface area (Å²) in [5, 5.41) is 2.51. The van der Waals surface area contributed by atoms with Gasteiger partial charge in [-0.25, -0.2) is 0 Å². The lowest BCUT2D eigenvalue weighted by atomic mass is 9.83. The number of H-pyrrole nitrogens is 2. The van der Waals surface area contributed by atoms with Crippen LogP contribution in [0.5, 0.6) is 0 Å². The van der Waals surface area contributed by atoms with Gasteiger partial charge < -0.3 is 9.97 Å². The van der Waals surface area contributed by atoms with Gasteiger partial charge in [0.1, 0.15) is 0 Å². The number of fused-ring (bicyclic) bond motifs is 2. The number of halogens is 1. The van der Waals surface area contributed by atoms with Crippen LogP contribution in [-0.4, -0.2) is 9.97 Å². The van der Waals surface area contributed by atoms with Crippen LogP contribution in [0.15, 0.2) is 89.7 Å². The Labute approximate surface area is 160 Å². The molecule has 0 amide bonds. The molecule has 2 aromatic heterocycles. The van der Waals surface area contributed by atoms with Crippen LogP contribution >= 0.6 is 15.9 Å². The summed E-state index contributed by atoms with van der Waals surface area (Å²) in [7, 11) is 0. The molecule has 0 saturated heterocycles. The minimum absolute atomic E-state index is 0.156. The van der Waals surface area contributed by atoms with Crippen LogP contribution in [0.2, 0.25) is 0 Å². The zero-order valence-corrected chi connectivity index (χ0v) is 15.6. The maximum atomic E-state index is 3.76. The summed E-state index contributed by atoms with van der Waals surface area (Å²) < 4.78 is 1.12. The van der Waals surface area contributed by atoms with E-state index in [1.807, 2.05) is 6.20 Å². The van der Waals surface area contributed by atoms with Gasteiger partial charge in [0.2, 0.25) is 0 Å². The van der Waals surface area contributed by atoms with E-state index in [9.17, 15) is 0 Å². The van der Waals surface area contributed by atoms with Gasteiger partial charge in [0.15, 0.2) is 0 Å². The van der Waals surface area contributed by atoms with Crippen molar-refractivity contribution in [3.05, 3.63) is 106 Å². The highest BCUT2D eigenvalue weighted by Gasteiger charge is 2.23. The quantitative estimate of drug-likeness (QED) is 0.342. The Morgan fingerprint density at radius 2 is 1.50 bits per heavy atom. The fraction of sp³-hybridized carbons (Fsp3) is 0.0435. The van der Waals surface area contributed by atoms with Gasteiger partial charge in [0.05, 0.1) is 0 Å². The van der Waals surface area contributed by atoms with Gasteiger partial charge in [-0.1, -0.05) is 64.5 Å². The van der Waals surface area contributed by atoms with E-state index < -0.39 is 0 Å². The summed E-state index contributed by atoms with van der Waals surface area (Å²) in [5.74, 6) is 0.156. The van der Waals surface area contributed by atoms with Crippen molar-refractivity contribution < 1.29 is 0 Å². The second-order valence-corrected chi connectivity index (χ2v) is 7.39. The van der Waals surface area contributed by atoms with E-state index in [0.717, 1.165) is 9.99 Å². The smallest absolute Gasteiger partial charge is 0.0468 e. The monoisotopic (exact) mass is 400 g/mol. The normalized spacial score (nSPS) is 12.7. The first-order valence-corrected chi connectivity index (χ1v) is 9.48. The predicted molar refractivity (Wildman–Crippen MR) is 112 cm³/mol. The zero-order chi connectivity index (χ0) is 17.5. The molecule has 0 aliphatic carbocycles. The molecular weight excluding hydrogens is 384 g/mol. The Morgan fingerprint density at radius 3 is 2.38 bits per heavy atom. The van der Waals surface area contributed by atoms with Gasteiger partial charge in [-0.2, -0.15) is 0 Å². The highest BCUT2D eigenvalue weighted by molar-refractivity contribution is 9.10. The van der Waals surface area contributed by atoms with E-state index in [1.165, 1.54) is 33.0 Å². The third kappa shape index (κ3) is 2.39. The van der Waals surface area contributed by atoms with Gasteiger partial charge in [-0.3, -0.25) is 0 Å². The van der Waals surface area contributed by atoms with Crippen molar-refractivity contribution in [1.82, 2.24) is 9.97 Å². The average Bonchev–Trinajstić information content (AvgIpc) is 3.31. The van der Waals surface area contributed by atoms with Crippen LogP contribution in [0, 0.1) is 0 Å². The highest BCUT2D eigenvalue weighted by atomic mass is 79.9. The van der Waals surface area contributed by atoms with E-state index in [0.29, 0.717) is 0 Å². The Hall–Kier alpha value is -2.78. The molecule has 5 rings (SSSR count). The van der Waals surface area contributed by atoms with Crippen LogP contribution in [0.3, 0.4) is 0 Å². The number of aromatic amines is 2. The Balaban J connectivity index is 1.84. The summed E-state index contributed by atoms with van der Waals surface area (Å²) in [6.45, 7) is 0. The van der Waals surface area contributed by atoms with Gasteiger partial charge in [0, 0.05) is 44.6 Å². The van der Waals surface area contributed by atoms with Crippen LogP contribution in [-0.2, 0) is 0 Å². The summed E-state index contributed by atoms with van der Waals surface area (Å²) in [5.41, 5.74) is 6.20. The first-order chi connectivity index (χ1) is 12.8. The first-order valence-electron chi connectivity index (χ1n) is 8.69. The lowest BCUT2D eigenvalue weighted by Crippen LogP contribution is -2.03. The minimum atomic E-state index is 0.156. The summed E-state index contributed by atoms with van der Waals surface area (Å²) in [6.07, 6.45) is 4.17. The molecule has 3 aromatic carbocycles. The lowest BCUT2D eigenvalue weighted by molar-refractivity contribution is 0.999. The van der Waals surface area contributed by atoms with Gasteiger partial charge in [-0.05, 0) is 41.0 Å². The summed E-state index contributed by atoms with van der Waals surface area (Å²) in [4.78, 5) is 6.80. The molecule has 2 heterocycles. The molecule has 2 nitrogen and oxygen atoms in total. The van der Waals surface area contributed by atoms with Crippen molar-refractivity contribution in [2.24, 2.45) is 0 Å². The topological polar surface area (TPSA) is 31.6 Å². The van der Waals surface area contributed by atoms with E-state index in [-0.39, 0.29) is 5.92 Å². The SMILES string of the molecule is Brc1cccc2[nH]cc([C@@H](c3ccccc3)c3cccc4[nH]ccc34)c12. The van der Waals surface area contributed by atoms with Gasteiger partial charge in [-0.15, -0.1) is 0 Å². The lowest BCUT2D eigenvalue weighted by Gasteiger charge is -2.19. The Morgan fingerprint density at radius 1 is 0.692 bits per heavy atom. The van der Waals surface area contributed by atoms with Crippen molar-refractivity contribution in [2.75, 3.05) is 0 Å². The standard InChI is InChI=1S/C23H17BrN2/c24-19-9-5-11-21-23(19)18(14-26-21)22(15-6-2-1-3-7-15)17-8-4-10-20-16(17)12-13-25-20/h1-14,22,25-26H/t22-/m0/s1. The number of benzene rings is 3. The molecule has 3 heteroatoms. The number of rotatable bonds is 3. The van der Waals surface area contributed by atoms with Crippen LogP contribution in [0.1, 0.15) is 22.6 Å². The Kier molecular flexibility index (Phi) is 3.68. The van der Waals surface area contributed by atoms with E-state index in [2.05, 4.69) is 105 Å². The molecule has 0 spiro atoms. The minimum Gasteiger partial charge on any atom is -0.361 e. The summed E-state index contributed by atoms with van der Waals surface area (Å²) in [6, 6.07) is 25.7. The molecule has 0 fully saturated rings. The van der Waals surface area contributed by atoms with Crippen LogP contribution in [0.4, 0.5) is 0 Å². The molecular formula is C23H17BrN2. The van der Waals surface area contributed by atoms with Crippen molar-refractivity contribution in [1.29, 1.82) is 0 Å². The van der Waals surface area contributed by atoms with Crippen molar-refractivity contribution in [3.63, 3.8) is 0 Å². The second-order valence-electron chi connectivity index (χ2n) is 6.54. The highest BCUT2D eigenvalue weighted by Crippen LogP contribution is 2.41. The summed E-state index contributed by atoms with van der Waals surface area (Å²) >= 11 is 3.76. The van der Waals surface area contributed by atoms with E-state index in [1.54, 1.807) is 0 Å². The molecule has 0 radical (unpaired) electrons. The average molecular weight is 401 g/mol. The van der Waals surface area contributed by atoms with Crippen molar-refractivity contribution in [3.8, 4) is 0 Å². The third-order valence-corrected chi connectivity index (χ3v) is 5.73.